The van der Waals surface area contributed by atoms with E-state index in [2.05, 4.69) is 77.5 Å². The van der Waals surface area contributed by atoms with Crippen LogP contribution in [0, 0.1) is 11.8 Å². The van der Waals surface area contributed by atoms with E-state index in [-0.39, 0.29) is 24.8 Å². The zero-order valence-corrected chi connectivity index (χ0v) is 16.1. The average Bonchev–Trinajstić information content (AvgIpc) is 2.53. The number of hydrogen-bond donors (Lipinski definition) is 1. The molecule has 0 aliphatic carbocycles. The molecule has 2 rings (SSSR count). The standard InChI is InChI=1S/C20H24N2.2ClH/c1-17(21-15-8-4-5-9-16-22(2)3)19-14-10-12-18-11-6-7-13-20(18)19;;/h4,6-8,10-14,17,21H,15-16H2,1-3H3;2*1H/b8-4+;;/t17-;;/m1../s1. The molecule has 130 valence electrons. The monoisotopic (exact) mass is 364 g/mol. The molecule has 0 spiro atoms. The molecule has 0 aromatic heterocycles. The lowest BCUT2D eigenvalue weighted by Crippen LogP contribution is -2.18. The minimum absolute atomic E-state index is 0. The van der Waals surface area contributed by atoms with Crippen LogP contribution in [0.5, 0.6) is 0 Å². The molecule has 0 fully saturated rings. The van der Waals surface area contributed by atoms with E-state index < -0.39 is 0 Å². The first kappa shape index (κ1) is 22.5. The predicted molar refractivity (Wildman–Crippen MR) is 110 cm³/mol. The van der Waals surface area contributed by atoms with E-state index in [1.807, 2.05) is 20.2 Å². The van der Waals surface area contributed by atoms with Crippen molar-refractivity contribution < 1.29 is 0 Å². The van der Waals surface area contributed by atoms with Crippen molar-refractivity contribution in [1.82, 2.24) is 10.2 Å². The van der Waals surface area contributed by atoms with E-state index in [9.17, 15) is 0 Å². The van der Waals surface area contributed by atoms with Crippen LogP contribution in [0.3, 0.4) is 0 Å². The smallest absolute Gasteiger partial charge is 0.0600 e. The Labute approximate surface area is 158 Å². The van der Waals surface area contributed by atoms with Crippen LogP contribution in [0.25, 0.3) is 10.8 Å². The highest BCUT2D eigenvalue weighted by Crippen LogP contribution is 2.23. The van der Waals surface area contributed by atoms with Crippen LogP contribution in [-0.4, -0.2) is 32.1 Å². The van der Waals surface area contributed by atoms with Crippen molar-refractivity contribution in [3.8, 4) is 11.8 Å². The summed E-state index contributed by atoms with van der Waals surface area (Å²) in [5.41, 5.74) is 1.34. The molecule has 4 heteroatoms. The fraction of sp³-hybridized carbons (Fsp3) is 0.300. The van der Waals surface area contributed by atoms with Gasteiger partial charge in [-0.25, -0.2) is 0 Å². The van der Waals surface area contributed by atoms with Gasteiger partial charge in [0.2, 0.25) is 0 Å². The Balaban J connectivity index is 0.00000264. The molecule has 2 nitrogen and oxygen atoms in total. The number of fused-ring (bicyclic) bond motifs is 1. The third-order valence-electron chi connectivity index (χ3n) is 3.53. The second-order valence-electron chi connectivity index (χ2n) is 5.66. The quantitative estimate of drug-likeness (QED) is 0.788. The van der Waals surface area contributed by atoms with Crippen LogP contribution < -0.4 is 5.32 Å². The largest absolute Gasteiger partial charge is 0.307 e. The fourth-order valence-corrected chi connectivity index (χ4v) is 2.36. The normalized spacial score (nSPS) is 11.5. The van der Waals surface area contributed by atoms with Crippen molar-refractivity contribution >= 4 is 35.6 Å². The SMILES string of the molecule is C[C@@H](NC/C=C/C#CCN(C)C)c1cccc2ccccc12.Cl.Cl. The third-order valence-corrected chi connectivity index (χ3v) is 3.53. The summed E-state index contributed by atoms with van der Waals surface area (Å²) >= 11 is 0. The Kier molecular flexibility index (Phi) is 11.2. The topological polar surface area (TPSA) is 15.3 Å². The van der Waals surface area contributed by atoms with Gasteiger partial charge in [-0.15, -0.1) is 24.8 Å². The molecular weight excluding hydrogens is 339 g/mol. The molecule has 0 amide bonds. The molecular formula is C20H26Cl2N2. The summed E-state index contributed by atoms with van der Waals surface area (Å²) in [5.74, 6) is 6.14. The van der Waals surface area contributed by atoms with Gasteiger partial charge in [0, 0.05) is 12.6 Å². The average molecular weight is 365 g/mol. The van der Waals surface area contributed by atoms with Crippen LogP contribution in [0.15, 0.2) is 54.6 Å². The molecule has 2 aromatic carbocycles. The number of halogens is 2. The molecule has 0 saturated heterocycles. The van der Waals surface area contributed by atoms with Gasteiger partial charge < -0.3 is 5.32 Å². The van der Waals surface area contributed by atoms with Crippen LogP contribution >= 0.6 is 24.8 Å². The lowest BCUT2D eigenvalue weighted by atomic mass is 10.00. The van der Waals surface area contributed by atoms with Gasteiger partial charge >= 0.3 is 0 Å². The van der Waals surface area contributed by atoms with Gasteiger partial charge in [0.1, 0.15) is 0 Å². The molecule has 1 atom stereocenters. The van der Waals surface area contributed by atoms with Gasteiger partial charge in [-0.1, -0.05) is 60.4 Å². The van der Waals surface area contributed by atoms with E-state index in [1.54, 1.807) is 0 Å². The summed E-state index contributed by atoms with van der Waals surface area (Å²) in [5, 5.41) is 6.14. The number of hydrogen-bond acceptors (Lipinski definition) is 2. The van der Waals surface area contributed by atoms with Crippen LogP contribution in [0.1, 0.15) is 18.5 Å². The van der Waals surface area contributed by atoms with Crippen molar-refractivity contribution in [3.05, 3.63) is 60.2 Å². The molecule has 2 aromatic rings. The lowest BCUT2D eigenvalue weighted by molar-refractivity contribution is 0.464. The van der Waals surface area contributed by atoms with Crippen molar-refractivity contribution in [2.24, 2.45) is 0 Å². The Bertz CT molecular complexity index is 694. The zero-order valence-electron chi connectivity index (χ0n) is 14.5. The van der Waals surface area contributed by atoms with Crippen molar-refractivity contribution in [2.45, 2.75) is 13.0 Å². The van der Waals surface area contributed by atoms with Gasteiger partial charge in [-0.05, 0) is 43.4 Å². The first-order valence-corrected chi connectivity index (χ1v) is 7.67. The van der Waals surface area contributed by atoms with E-state index in [0.29, 0.717) is 6.04 Å². The molecule has 0 saturated carbocycles. The van der Waals surface area contributed by atoms with E-state index >= 15 is 0 Å². The van der Waals surface area contributed by atoms with Crippen molar-refractivity contribution in [2.75, 3.05) is 27.2 Å². The number of rotatable bonds is 5. The lowest BCUT2D eigenvalue weighted by Gasteiger charge is -2.15. The van der Waals surface area contributed by atoms with Gasteiger partial charge in [0.05, 0.1) is 6.54 Å². The van der Waals surface area contributed by atoms with E-state index in [4.69, 9.17) is 0 Å². The Morgan fingerprint density at radius 3 is 2.54 bits per heavy atom. The Hall–Kier alpha value is -1.50. The summed E-state index contributed by atoms with van der Waals surface area (Å²) in [6.45, 7) is 3.82. The first-order valence-electron chi connectivity index (χ1n) is 7.67. The number of nitrogens with one attached hydrogen (secondary N) is 1. The Morgan fingerprint density at radius 2 is 1.79 bits per heavy atom. The summed E-state index contributed by atoms with van der Waals surface area (Å²) < 4.78 is 0. The van der Waals surface area contributed by atoms with Gasteiger partial charge in [-0.2, -0.15) is 0 Å². The zero-order chi connectivity index (χ0) is 15.8. The summed E-state index contributed by atoms with van der Waals surface area (Å²) in [7, 11) is 4.04. The molecule has 0 radical (unpaired) electrons. The van der Waals surface area contributed by atoms with E-state index in [0.717, 1.165) is 13.1 Å². The minimum Gasteiger partial charge on any atom is -0.307 e. The highest BCUT2D eigenvalue weighted by atomic mass is 35.5. The molecule has 1 N–H and O–H groups in total. The van der Waals surface area contributed by atoms with Crippen LogP contribution in [0.2, 0.25) is 0 Å². The molecule has 0 aliphatic heterocycles. The summed E-state index contributed by atoms with van der Waals surface area (Å²) in [4.78, 5) is 2.06. The maximum atomic E-state index is 3.53. The molecule has 0 heterocycles. The molecule has 0 bridgehead atoms. The molecule has 0 aliphatic rings. The van der Waals surface area contributed by atoms with Crippen molar-refractivity contribution in [3.63, 3.8) is 0 Å². The maximum Gasteiger partial charge on any atom is 0.0600 e. The van der Waals surface area contributed by atoms with Crippen molar-refractivity contribution in [1.29, 1.82) is 0 Å². The Morgan fingerprint density at radius 1 is 1.08 bits per heavy atom. The number of allylic oxidation sites excluding steroid dienone is 1. The third kappa shape index (κ3) is 6.95. The predicted octanol–water partition coefficient (Wildman–Crippen LogP) is 4.46. The second kappa shape index (κ2) is 11.9. The highest BCUT2D eigenvalue weighted by Gasteiger charge is 2.07. The first-order chi connectivity index (χ1) is 10.7. The van der Waals surface area contributed by atoms with Gasteiger partial charge in [-0.3, -0.25) is 4.90 Å². The number of benzene rings is 2. The fourth-order valence-electron chi connectivity index (χ4n) is 2.36. The van der Waals surface area contributed by atoms with Crippen LogP contribution in [-0.2, 0) is 0 Å². The second-order valence-corrected chi connectivity index (χ2v) is 5.66. The minimum atomic E-state index is 0. The van der Waals surface area contributed by atoms with E-state index in [1.165, 1.54) is 16.3 Å². The van der Waals surface area contributed by atoms with Crippen LogP contribution in [0.4, 0.5) is 0 Å². The highest BCUT2D eigenvalue weighted by molar-refractivity contribution is 5.86. The van der Waals surface area contributed by atoms with Gasteiger partial charge in [0.15, 0.2) is 0 Å². The maximum absolute atomic E-state index is 3.53. The molecule has 0 unspecified atom stereocenters. The van der Waals surface area contributed by atoms with Gasteiger partial charge in [0.25, 0.3) is 0 Å². The number of nitrogens with zero attached hydrogens (tertiary/aromatic N) is 1. The molecule has 24 heavy (non-hydrogen) atoms. The summed E-state index contributed by atoms with van der Waals surface area (Å²) in [6.07, 6.45) is 4.00. The summed E-state index contributed by atoms with van der Waals surface area (Å²) in [6, 6.07) is 15.3.